The summed E-state index contributed by atoms with van der Waals surface area (Å²) in [5.41, 5.74) is 0.458. The number of halogens is 3. The Morgan fingerprint density at radius 2 is 1.72 bits per heavy atom. The summed E-state index contributed by atoms with van der Waals surface area (Å²) in [6.45, 7) is 5.16. The normalized spacial score (nSPS) is 16.1. The fourth-order valence-corrected chi connectivity index (χ4v) is 4.82. The van der Waals surface area contributed by atoms with Crippen molar-refractivity contribution < 1.29 is 26.3 Å². The standard InChI is InChI=1S/C20H23F3N2O3S/c1-3-28-19-8-7-18(13-15(19)2)29(26,27)25-11-9-24(10-12-25)17-6-4-5-16(14-17)20(21,22)23/h4-8,13-14H,3,9-12H2,1-2H3. The first-order chi connectivity index (χ1) is 13.6. The van der Waals surface area contributed by atoms with Crippen molar-refractivity contribution in [2.45, 2.75) is 24.9 Å². The first-order valence-electron chi connectivity index (χ1n) is 9.28. The number of aryl methyl sites for hydroxylation is 1. The molecule has 2 aromatic rings. The fraction of sp³-hybridized carbons (Fsp3) is 0.400. The predicted molar refractivity (Wildman–Crippen MR) is 105 cm³/mol. The van der Waals surface area contributed by atoms with Crippen LogP contribution in [0.25, 0.3) is 0 Å². The van der Waals surface area contributed by atoms with Crippen LogP contribution in [0.5, 0.6) is 5.75 Å². The lowest BCUT2D eigenvalue weighted by molar-refractivity contribution is -0.137. The van der Waals surface area contributed by atoms with E-state index in [2.05, 4.69) is 0 Å². The molecule has 1 heterocycles. The van der Waals surface area contributed by atoms with Crippen LogP contribution in [-0.4, -0.2) is 45.5 Å². The number of anilines is 1. The van der Waals surface area contributed by atoms with Gasteiger partial charge >= 0.3 is 6.18 Å². The van der Waals surface area contributed by atoms with Gasteiger partial charge in [0.25, 0.3) is 0 Å². The van der Waals surface area contributed by atoms with Crippen LogP contribution < -0.4 is 9.64 Å². The fourth-order valence-electron chi connectivity index (χ4n) is 3.31. The van der Waals surface area contributed by atoms with Gasteiger partial charge in [-0.1, -0.05) is 6.07 Å². The van der Waals surface area contributed by atoms with Gasteiger partial charge in [-0.05, 0) is 55.8 Å². The van der Waals surface area contributed by atoms with Crippen LogP contribution >= 0.6 is 0 Å². The molecule has 0 bridgehead atoms. The van der Waals surface area contributed by atoms with Crippen molar-refractivity contribution in [1.82, 2.24) is 4.31 Å². The number of rotatable bonds is 5. The molecule has 0 aromatic heterocycles. The summed E-state index contributed by atoms with van der Waals surface area (Å²) in [7, 11) is -3.68. The Morgan fingerprint density at radius 3 is 2.31 bits per heavy atom. The number of sulfonamides is 1. The lowest BCUT2D eigenvalue weighted by atomic mass is 10.1. The molecule has 158 valence electrons. The maximum atomic E-state index is 13.0. The van der Waals surface area contributed by atoms with Gasteiger partial charge < -0.3 is 9.64 Å². The quantitative estimate of drug-likeness (QED) is 0.724. The number of benzene rings is 2. The molecule has 0 spiro atoms. The van der Waals surface area contributed by atoms with Crippen LogP contribution in [0.15, 0.2) is 47.4 Å². The molecule has 0 unspecified atom stereocenters. The SMILES string of the molecule is CCOc1ccc(S(=O)(=O)N2CCN(c3cccc(C(F)(F)F)c3)CC2)cc1C. The molecule has 0 radical (unpaired) electrons. The second-order valence-corrected chi connectivity index (χ2v) is 8.74. The molecule has 5 nitrogen and oxygen atoms in total. The molecule has 0 amide bonds. The van der Waals surface area contributed by atoms with E-state index >= 15 is 0 Å². The van der Waals surface area contributed by atoms with E-state index in [9.17, 15) is 21.6 Å². The van der Waals surface area contributed by atoms with E-state index in [1.54, 1.807) is 30.0 Å². The Kier molecular flexibility index (Phi) is 6.09. The summed E-state index contributed by atoms with van der Waals surface area (Å²) < 4.78 is 71.5. The first-order valence-corrected chi connectivity index (χ1v) is 10.7. The van der Waals surface area contributed by atoms with Crippen LogP contribution in [0.4, 0.5) is 18.9 Å². The molecule has 2 aromatic carbocycles. The smallest absolute Gasteiger partial charge is 0.416 e. The molecule has 0 saturated carbocycles. The molecule has 9 heteroatoms. The van der Waals surface area contributed by atoms with E-state index in [0.717, 1.165) is 17.7 Å². The lowest BCUT2D eigenvalue weighted by Crippen LogP contribution is -2.48. The predicted octanol–water partition coefficient (Wildman–Crippen LogP) is 3.92. The highest BCUT2D eigenvalue weighted by Crippen LogP contribution is 2.32. The highest BCUT2D eigenvalue weighted by atomic mass is 32.2. The molecular weight excluding hydrogens is 405 g/mol. The Hall–Kier alpha value is -2.26. The number of hydrogen-bond acceptors (Lipinski definition) is 4. The zero-order valence-corrected chi connectivity index (χ0v) is 17.1. The van der Waals surface area contributed by atoms with Crippen molar-refractivity contribution in [3.8, 4) is 5.75 Å². The zero-order chi connectivity index (χ0) is 21.2. The Labute approximate surface area is 168 Å². The minimum atomic E-state index is -4.41. The largest absolute Gasteiger partial charge is 0.494 e. The van der Waals surface area contributed by atoms with Gasteiger partial charge in [0.2, 0.25) is 10.0 Å². The van der Waals surface area contributed by atoms with Crippen molar-refractivity contribution in [3.05, 3.63) is 53.6 Å². The van der Waals surface area contributed by atoms with Gasteiger partial charge in [0.1, 0.15) is 5.75 Å². The van der Waals surface area contributed by atoms with Gasteiger partial charge in [-0.3, -0.25) is 0 Å². The molecule has 0 N–H and O–H groups in total. The molecule has 0 aliphatic carbocycles. The average molecular weight is 428 g/mol. The second kappa shape index (κ2) is 8.23. The minimum absolute atomic E-state index is 0.186. The van der Waals surface area contributed by atoms with E-state index < -0.39 is 21.8 Å². The van der Waals surface area contributed by atoms with E-state index in [1.165, 1.54) is 16.4 Å². The molecule has 1 saturated heterocycles. The zero-order valence-electron chi connectivity index (χ0n) is 16.2. The van der Waals surface area contributed by atoms with Crippen LogP contribution in [0.2, 0.25) is 0 Å². The van der Waals surface area contributed by atoms with Gasteiger partial charge in [0.15, 0.2) is 0 Å². The average Bonchev–Trinajstić information content (AvgIpc) is 2.69. The first kappa shape index (κ1) is 21.4. The number of hydrogen-bond donors (Lipinski definition) is 0. The number of ether oxygens (including phenoxy) is 1. The molecular formula is C20H23F3N2O3S. The third-order valence-corrected chi connectivity index (χ3v) is 6.76. The van der Waals surface area contributed by atoms with Crippen molar-refractivity contribution in [1.29, 1.82) is 0 Å². The number of alkyl halides is 3. The van der Waals surface area contributed by atoms with E-state index in [-0.39, 0.29) is 18.0 Å². The highest BCUT2D eigenvalue weighted by Gasteiger charge is 2.32. The number of piperazine rings is 1. The topological polar surface area (TPSA) is 49.9 Å². The number of nitrogens with zero attached hydrogens (tertiary/aromatic N) is 2. The summed E-state index contributed by atoms with van der Waals surface area (Å²) in [4.78, 5) is 1.95. The Morgan fingerprint density at radius 1 is 1.03 bits per heavy atom. The highest BCUT2D eigenvalue weighted by molar-refractivity contribution is 7.89. The summed E-state index contributed by atoms with van der Waals surface area (Å²) in [6, 6.07) is 9.84. The maximum absolute atomic E-state index is 13.0. The molecule has 3 rings (SSSR count). The van der Waals surface area contributed by atoms with E-state index in [4.69, 9.17) is 4.74 Å². The summed E-state index contributed by atoms with van der Waals surface area (Å²) >= 11 is 0. The van der Waals surface area contributed by atoms with Crippen LogP contribution in [0.1, 0.15) is 18.1 Å². The second-order valence-electron chi connectivity index (χ2n) is 6.80. The maximum Gasteiger partial charge on any atom is 0.416 e. The van der Waals surface area contributed by atoms with Gasteiger partial charge in [-0.25, -0.2) is 8.42 Å². The molecule has 1 aliphatic heterocycles. The Balaban J connectivity index is 1.72. The van der Waals surface area contributed by atoms with Crippen molar-refractivity contribution >= 4 is 15.7 Å². The molecule has 29 heavy (non-hydrogen) atoms. The molecule has 1 aliphatic rings. The monoisotopic (exact) mass is 428 g/mol. The van der Waals surface area contributed by atoms with Crippen LogP contribution in [0.3, 0.4) is 0 Å². The Bertz CT molecular complexity index is 969. The molecule has 1 fully saturated rings. The summed E-state index contributed by atoms with van der Waals surface area (Å²) in [6.07, 6.45) is -4.41. The van der Waals surface area contributed by atoms with Crippen molar-refractivity contribution in [2.24, 2.45) is 0 Å². The van der Waals surface area contributed by atoms with Crippen molar-refractivity contribution in [3.63, 3.8) is 0 Å². The molecule has 0 atom stereocenters. The summed E-state index contributed by atoms with van der Waals surface area (Å²) in [5, 5.41) is 0. The van der Waals surface area contributed by atoms with Gasteiger partial charge in [-0.15, -0.1) is 0 Å². The van der Waals surface area contributed by atoms with Crippen molar-refractivity contribution in [2.75, 3.05) is 37.7 Å². The minimum Gasteiger partial charge on any atom is -0.494 e. The van der Waals surface area contributed by atoms with Gasteiger partial charge in [-0.2, -0.15) is 17.5 Å². The lowest BCUT2D eigenvalue weighted by Gasteiger charge is -2.35. The van der Waals surface area contributed by atoms with Crippen LogP contribution in [0, 0.1) is 6.92 Å². The third kappa shape index (κ3) is 4.67. The third-order valence-electron chi connectivity index (χ3n) is 4.86. The van der Waals surface area contributed by atoms with E-state index in [0.29, 0.717) is 31.1 Å². The summed E-state index contributed by atoms with van der Waals surface area (Å²) in [5.74, 6) is 0.640. The van der Waals surface area contributed by atoms with Crippen LogP contribution in [-0.2, 0) is 16.2 Å². The van der Waals surface area contributed by atoms with E-state index in [1.807, 2.05) is 6.92 Å². The van der Waals surface area contributed by atoms with Gasteiger partial charge in [0, 0.05) is 31.9 Å². The van der Waals surface area contributed by atoms with Gasteiger partial charge in [0.05, 0.1) is 17.1 Å².